The number of hydrogen-bond donors (Lipinski definition) is 2. The maximum atomic E-state index is 12.7. The number of hydrogen-bond acceptors (Lipinski definition) is 5. The third-order valence-corrected chi connectivity index (χ3v) is 4.69. The van der Waals surface area contributed by atoms with Gasteiger partial charge in [0, 0.05) is 6.54 Å². The number of rotatable bonds is 5. The molecule has 0 aromatic rings. The van der Waals surface area contributed by atoms with Crippen LogP contribution in [0, 0.1) is 5.92 Å². The van der Waals surface area contributed by atoms with Gasteiger partial charge in [-0.3, -0.25) is 9.69 Å². The Bertz CT molecular complexity index is 449. The topological polar surface area (TPSA) is 110 Å². The van der Waals surface area contributed by atoms with Crippen LogP contribution in [0.25, 0.3) is 0 Å². The molecule has 2 atom stereocenters. The second-order valence-corrected chi connectivity index (χ2v) is 5.89. The summed E-state index contributed by atoms with van der Waals surface area (Å²) in [5.74, 6) is -1.51. The molecule has 1 aliphatic carbocycles. The van der Waals surface area contributed by atoms with E-state index < -0.39 is 29.4 Å². The van der Waals surface area contributed by atoms with Crippen molar-refractivity contribution < 1.29 is 24.2 Å². The van der Waals surface area contributed by atoms with Gasteiger partial charge in [-0.15, -0.1) is 0 Å². The van der Waals surface area contributed by atoms with Crippen molar-refractivity contribution in [1.82, 2.24) is 4.90 Å². The summed E-state index contributed by atoms with van der Waals surface area (Å²) in [6, 6.07) is -0.850. The van der Waals surface area contributed by atoms with E-state index >= 15 is 0 Å². The standard InChI is InChI=1S/C14H22N2O5/c1-21-13(20)16-7-3-6-14(16,12(18)19)11(17)10(15)8-9-4-2-5-9/h9-10H,2-8,15H2,1H3,(H,18,19)/t10-,14-/m1/s1. The van der Waals surface area contributed by atoms with Gasteiger partial charge in [-0.1, -0.05) is 19.3 Å². The molecule has 7 heteroatoms. The lowest BCUT2D eigenvalue weighted by Crippen LogP contribution is -2.62. The van der Waals surface area contributed by atoms with Gasteiger partial charge in [0.15, 0.2) is 5.78 Å². The number of carbonyl (C=O) groups is 3. The summed E-state index contributed by atoms with van der Waals surface area (Å²) in [5.41, 5.74) is 4.08. The number of carbonyl (C=O) groups excluding carboxylic acids is 2. The van der Waals surface area contributed by atoms with Gasteiger partial charge in [0.25, 0.3) is 0 Å². The van der Waals surface area contributed by atoms with Gasteiger partial charge in [0.2, 0.25) is 5.54 Å². The first-order chi connectivity index (χ1) is 9.93. The van der Waals surface area contributed by atoms with Gasteiger partial charge < -0.3 is 15.6 Å². The van der Waals surface area contributed by atoms with Crippen molar-refractivity contribution in [2.24, 2.45) is 11.7 Å². The van der Waals surface area contributed by atoms with E-state index in [-0.39, 0.29) is 13.0 Å². The van der Waals surface area contributed by atoms with Crippen LogP contribution in [0.4, 0.5) is 4.79 Å². The van der Waals surface area contributed by atoms with Crippen molar-refractivity contribution in [3.05, 3.63) is 0 Å². The summed E-state index contributed by atoms with van der Waals surface area (Å²) in [5, 5.41) is 9.58. The van der Waals surface area contributed by atoms with Gasteiger partial charge in [-0.25, -0.2) is 9.59 Å². The average Bonchev–Trinajstić information content (AvgIpc) is 2.86. The Morgan fingerprint density at radius 1 is 1.38 bits per heavy atom. The van der Waals surface area contributed by atoms with E-state index in [0.717, 1.165) is 24.2 Å². The van der Waals surface area contributed by atoms with Crippen LogP contribution in [0.3, 0.4) is 0 Å². The number of amides is 1. The Labute approximate surface area is 123 Å². The van der Waals surface area contributed by atoms with Crippen molar-refractivity contribution >= 4 is 17.8 Å². The van der Waals surface area contributed by atoms with Crippen LogP contribution >= 0.6 is 0 Å². The molecule has 1 heterocycles. The minimum absolute atomic E-state index is 0.0919. The van der Waals surface area contributed by atoms with Crippen molar-refractivity contribution in [2.75, 3.05) is 13.7 Å². The molecule has 0 aromatic heterocycles. The number of aliphatic carboxylic acids is 1. The first kappa shape index (κ1) is 15.8. The van der Waals surface area contributed by atoms with Gasteiger partial charge in [-0.2, -0.15) is 0 Å². The molecule has 0 spiro atoms. The van der Waals surface area contributed by atoms with Crippen LogP contribution in [0.1, 0.15) is 38.5 Å². The van der Waals surface area contributed by atoms with E-state index in [9.17, 15) is 19.5 Å². The van der Waals surface area contributed by atoms with Crippen molar-refractivity contribution in [1.29, 1.82) is 0 Å². The van der Waals surface area contributed by atoms with Gasteiger partial charge in [-0.05, 0) is 25.2 Å². The number of Topliss-reactive ketones (excluding diaryl/α,β-unsaturated/α-hetero) is 1. The molecule has 0 unspecified atom stereocenters. The number of methoxy groups -OCH3 is 1. The lowest BCUT2D eigenvalue weighted by molar-refractivity contribution is -0.155. The largest absolute Gasteiger partial charge is 0.479 e. The van der Waals surface area contributed by atoms with Crippen LogP contribution in [-0.4, -0.2) is 53.1 Å². The van der Waals surface area contributed by atoms with E-state index in [2.05, 4.69) is 4.74 Å². The smallest absolute Gasteiger partial charge is 0.410 e. The number of carboxylic acids is 1. The SMILES string of the molecule is COC(=O)N1CCC[C@]1(C(=O)O)C(=O)[C@H](N)CC1CCC1. The molecule has 0 radical (unpaired) electrons. The highest BCUT2D eigenvalue weighted by atomic mass is 16.5. The first-order valence-corrected chi connectivity index (χ1v) is 7.32. The number of ether oxygens (including phenoxy) is 1. The Balaban J connectivity index is 2.21. The third kappa shape index (κ3) is 2.62. The molecule has 1 saturated heterocycles. The average molecular weight is 298 g/mol. The molecular formula is C14H22N2O5. The second-order valence-electron chi connectivity index (χ2n) is 5.89. The third-order valence-electron chi connectivity index (χ3n) is 4.69. The van der Waals surface area contributed by atoms with Gasteiger partial charge in [0.05, 0.1) is 13.2 Å². The summed E-state index contributed by atoms with van der Waals surface area (Å²) in [6.45, 7) is 0.195. The molecule has 2 rings (SSSR count). The summed E-state index contributed by atoms with van der Waals surface area (Å²) in [7, 11) is 1.17. The number of ketones is 1. The van der Waals surface area contributed by atoms with Crippen molar-refractivity contribution in [2.45, 2.75) is 50.1 Å². The number of likely N-dealkylation sites (tertiary alicyclic amines) is 1. The predicted molar refractivity (Wildman–Crippen MR) is 73.7 cm³/mol. The summed E-state index contributed by atoms with van der Waals surface area (Å²) >= 11 is 0. The molecule has 2 fully saturated rings. The van der Waals surface area contributed by atoms with Crippen LogP contribution < -0.4 is 5.73 Å². The molecule has 0 bridgehead atoms. The summed E-state index contributed by atoms with van der Waals surface area (Å²) in [6.07, 6.45) is 3.42. The fraction of sp³-hybridized carbons (Fsp3) is 0.786. The van der Waals surface area contributed by atoms with E-state index in [1.165, 1.54) is 7.11 Å². The molecule has 1 aliphatic heterocycles. The van der Waals surface area contributed by atoms with E-state index in [1.54, 1.807) is 0 Å². The molecule has 1 amide bonds. The zero-order chi connectivity index (χ0) is 15.6. The molecule has 2 aliphatic rings. The Morgan fingerprint density at radius 3 is 2.52 bits per heavy atom. The van der Waals surface area contributed by atoms with Crippen LogP contribution in [-0.2, 0) is 14.3 Å². The van der Waals surface area contributed by atoms with Crippen LogP contribution in [0.2, 0.25) is 0 Å². The highest BCUT2D eigenvalue weighted by Crippen LogP contribution is 2.35. The lowest BCUT2D eigenvalue weighted by atomic mass is 9.77. The number of nitrogens with two attached hydrogens (primary N) is 1. The van der Waals surface area contributed by atoms with E-state index in [0.29, 0.717) is 18.8 Å². The quantitative estimate of drug-likeness (QED) is 0.725. The molecule has 21 heavy (non-hydrogen) atoms. The molecule has 0 aromatic carbocycles. The normalized spacial score (nSPS) is 27.0. The Hall–Kier alpha value is -1.63. The molecule has 1 saturated carbocycles. The molecular weight excluding hydrogens is 276 g/mol. The van der Waals surface area contributed by atoms with Crippen molar-refractivity contribution in [3.8, 4) is 0 Å². The fourth-order valence-electron chi connectivity index (χ4n) is 3.26. The Kier molecular flexibility index (Phi) is 4.51. The lowest BCUT2D eigenvalue weighted by Gasteiger charge is -2.35. The number of carboxylic acid groups (broad SMARTS) is 1. The fourth-order valence-corrected chi connectivity index (χ4v) is 3.26. The minimum Gasteiger partial charge on any atom is -0.479 e. The minimum atomic E-state index is -1.86. The maximum Gasteiger partial charge on any atom is 0.410 e. The van der Waals surface area contributed by atoms with E-state index in [4.69, 9.17) is 5.73 Å². The second kappa shape index (κ2) is 6.01. The Morgan fingerprint density at radius 2 is 2.05 bits per heavy atom. The molecule has 3 N–H and O–H groups in total. The molecule has 118 valence electrons. The van der Waals surface area contributed by atoms with E-state index in [1.807, 2.05) is 0 Å². The molecule has 7 nitrogen and oxygen atoms in total. The monoisotopic (exact) mass is 298 g/mol. The van der Waals surface area contributed by atoms with Crippen LogP contribution in [0.15, 0.2) is 0 Å². The first-order valence-electron chi connectivity index (χ1n) is 7.32. The highest BCUT2D eigenvalue weighted by molar-refractivity contribution is 6.12. The van der Waals surface area contributed by atoms with Crippen LogP contribution in [0.5, 0.6) is 0 Å². The predicted octanol–water partition coefficient (Wildman–Crippen LogP) is 0.759. The zero-order valence-electron chi connectivity index (χ0n) is 12.2. The number of nitrogens with zero attached hydrogens (tertiary/aromatic N) is 1. The van der Waals surface area contributed by atoms with Gasteiger partial charge in [0.1, 0.15) is 0 Å². The summed E-state index contributed by atoms with van der Waals surface area (Å²) < 4.78 is 4.61. The van der Waals surface area contributed by atoms with Crippen molar-refractivity contribution in [3.63, 3.8) is 0 Å². The highest BCUT2D eigenvalue weighted by Gasteiger charge is 2.57. The summed E-state index contributed by atoms with van der Waals surface area (Å²) in [4.78, 5) is 37.2. The van der Waals surface area contributed by atoms with Gasteiger partial charge >= 0.3 is 12.1 Å². The maximum absolute atomic E-state index is 12.7. The zero-order valence-corrected chi connectivity index (χ0v) is 12.2.